The highest BCUT2D eigenvalue weighted by molar-refractivity contribution is 5.65. The molecule has 0 radical (unpaired) electrons. The van der Waals surface area contributed by atoms with Crippen LogP contribution in [-0.2, 0) is 0 Å². The van der Waals surface area contributed by atoms with Crippen molar-refractivity contribution >= 4 is 6.09 Å². The molecule has 3 unspecified atom stereocenters. The number of likely N-dealkylation sites (tertiary alicyclic amines) is 2. The molecule has 3 atom stereocenters. The van der Waals surface area contributed by atoms with Crippen LogP contribution in [0.25, 0.3) is 0 Å². The van der Waals surface area contributed by atoms with Gasteiger partial charge in [0, 0.05) is 49.8 Å². The lowest BCUT2D eigenvalue weighted by molar-refractivity contribution is 0.0696. The Morgan fingerprint density at radius 1 is 1.17 bits per heavy atom. The van der Waals surface area contributed by atoms with Crippen LogP contribution in [0.1, 0.15) is 51.9 Å². The molecule has 0 aromatic heterocycles. The minimum absolute atomic E-state index is 0.0185. The predicted molar refractivity (Wildman–Crippen MR) is 90.6 cm³/mol. The number of hydrogen-bond acceptors (Lipinski definition) is 4. The highest BCUT2D eigenvalue weighted by atomic mass is 16.4. The molecule has 3 aliphatic rings. The maximum Gasteiger partial charge on any atom is 0.407 e. The molecule has 0 aromatic carbocycles. The van der Waals surface area contributed by atoms with Crippen molar-refractivity contribution in [1.29, 1.82) is 0 Å². The summed E-state index contributed by atoms with van der Waals surface area (Å²) in [6, 6.07) is 1.38. The fraction of sp³-hybridized carbons (Fsp3) is 0.941. The van der Waals surface area contributed by atoms with Crippen LogP contribution in [-0.4, -0.2) is 70.8 Å². The number of rotatable bonds is 3. The molecule has 1 saturated carbocycles. The average molecular weight is 324 g/mol. The summed E-state index contributed by atoms with van der Waals surface area (Å²) >= 11 is 0. The summed E-state index contributed by atoms with van der Waals surface area (Å²) in [6.07, 6.45) is 7.40. The number of carbonyl (C=O) groups is 1. The van der Waals surface area contributed by atoms with Crippen LogP contribution in [0.4, 0.5) is 4.79 Å². The molecule has 6 nitrogen and oxygen atoms in total. The van der Waals surface area contributed by atoms with E-state index in [9.17, 15) is 9.90 Å². The van der Waals surface area contributed by atoms with E-state index in [4.69, 9.17) is 5.73 Å². The fourth-order valence-corrected chi connectivity index (χ4v) is 4.62. The van der Waals surface area contributed by atoms with Gasteiger partial charge in [0.25, 0.3) is 0 Å². The predicted octanol–water partition coefficient (Wildman–Crippen LogP) is 1.45. The third-order valence-electron chi connectivity index (χ3n) is 6.25. The van der Waals surface area contributed by atoms with Gasteiger partial charge < -0.3 is 21.1 Å². The smallest absolute Gasteiger partial charge is 0.407 e. The lowest BCUT2D eigenvalue weighted by atomic mass is 9.89. The van der Waals surface area contributed by atoms with Gasteiger partial charge in [-0.05, 0) is 39.0 Å². The summed E-state index contributed by atoms with van der Waals surface area (Å²) in [5.41, 5.74) is 6.27. The van der Waals surface area contributed by atoms with Gasteiger partial charge in [0.2, 0.25) is 0 Å². The van der Waals surface area contributed by atoms with Crippen LogP contribution in [0.2, 0.25) is 0 Å². The van der Waals surface area contributed by atoms with E-state index in [1.165, 1.54) is 19.3 Å². The Bertz CT molecular complexity index is 425. The van der Waals surface area contributed by atoms with E-state index in [0.717, 1.165) is 38.8 Å². The molecule has 2 aliphatic heterocycles. The van der Waals surface area contributed by atoms with E-state index >= 15 is 0 Å². The molecular formula is C17H32N4O2. The SMILES string of the molecule is CC1(N2CCC(NC3CCCCC3N)CC2)CCN(C(=O)O)C1. The Morgan fingerprint density at radius 2 is 1.87 bits per heavy atom. The monoisotopic (exact) mass is 324 g/mol. The third-order valence-corrected chi connectivity index (χ3v) is 6.25. The fourth-order valence-electron chi connectivity index (χ4n) is 4.62. The van der Waals surface area contributed by atoms with Gasteiger partial charge in [0.1, 0.15) is 0 Å². The first-order valence-corrected chi connectivity index (χ1v) is 9.22. The van der Waals surface area contributed by atoms with Crippen molar-refractivity contribution in [2.75, 3.05) is 26.2 Å². The van der Waals surface area contributed by atoms with E-state index in [1.807, 2.05) is 0 Å². The molecule has 1 aliphatic carbocycles. The summed E-state index contributed by atoms with van der Waals surface area (Å²) in [5.74, 6) is 0. The Labute approximate surface area is 139 Å². The zero-order valence-corrected chi connectivity index (χ0v) is 14.3. The van der Waals surface area contributed by atoms with E-state index < -0.39 is 6.09 Å². The molecule has 0 aromatic rings. The van der Waals surface area contributed by atoms with Gasteiger partial charge in [-0.25, -0.2) is 4.79 Å². The second-order valence-electron chi connectivity index (χ2n) is 7.93. The van der Waals surface area contributed by atoms with Gasteiger partial charge in [0.05, 0.1) is 0 Å². The largest absolute Gasteiger partial charge is 0.465 e. The van der Waals surface area contributed by atoms with E-state index in [1.54, 1.807) is 4.90 Å². The minimum Gasteiger partial charge on any atom is -0.465 e. The number of hydrogen-bond donors (Lipinski definition) is 3. The first-order valence-electron chi connectivity index (χ1n) is 9.22. The summed E-state index contributed by atoms with van der Waals surface area (Å²) in [7, 11) is 0. The van der Waals surface area contributed by atoms with Gasteiger partial charge in [-0.1, -0.05) is 12.8 Å². The Morgan fingerprint density at radius 3 is 2.48 bits per heavy atom. The van der Waals surface area contributed by atoms with Crippen molar-refractivity contribution in [1.82, 2.24) is 15.1 Å². The van der Waals surface area contributed by atoms with Gasteiger partial charge >= 0.3 is 6.09 Å². The maximum absolute atomic E-state index is 11.2. The molecule has 6 heteroatoms. The summed E-state index contributed by atoms with van der Waals surface area (Å²) in [6.45, 7) is 5.66. The summed E-state index contributed by atoms with van der Waals surface area (Å²) in [5, 5.41) is 13.0. The van der Waals surface area contributed by atoms with Crippen molar-refractivity contribution in [3.05, 3.63) is 0 Å². The number of nitrogens with two attached hydrogens (primary N) is 1. The molecule has 0 bridgehead atoms. The number of carboxylic acid groups (broad SMARTS) is 1. The molecule has 23 heavy (non-hydrogen) atoms. The first-order chi connectivity index (χ1) is 11.0. The quantitative estimate of drug-likeness (QED) is 0.732. The lowest BCUT2D eigenvalue weighted by Gasteiger charge is -2.44. The van der Waals surface area contributed by atoms with E-state index in [2.05, 4.69) is 17.1 Å². The van der Waals surface area contributed by atoms with Crippen molar-refractivity contribution in [3.8, 4) is 0 Å². The van der Waals surface area contributed by atoms with Crippen LogP contribution in [0.5, 0.6) is 0 Å². The standard InChI is InChI=1S/C17H32N4O2/c1-17(8-11-20(12-17)16(22)23)21-9-6-13(7-10-21)19-15-5-3-2-4-14(15)18/h13-15,19H,2-12,18H2,1H3,(H,22,23). The second kappa shape index (κ2) is 6.95. The number of nitrogens with zero attached hydrogens (tertiary/aromatic N) is 2. The normalized spacial score (nSPS) is 37.2. The van der Waals surface area contributed by atoms with Crippen molar-refractivity contribution in [2.24, 2.45) is 5.73 Å². The molecule has 1 amide bonds. The van der Waals surface area contributed by atoms with Crippen LogP contribution in [0, 0.1) is 0 Å². The van der Waals surface area contributed by atoms with Crippen LogP contribution >= 0.6 is 0 Å². The van der Waals surface area contributed by atoms with Crippen molar-refractivity contribution in [3.63, 3.8) is 0 Å². The molecule has 3 fully saturated rings. The van der Waals surface area contributed by atoms with Crippen LogP contribution < -0.4 is 11.1 Å². The van der Waals surface area contributed by atoms with E-state index in [-0.39, 0.29) is 5.54 Å². The Kier molecular flexibility index (Phi) is 5.13. The molecule has 4 N–H and O–H groups in total. The summed E-state index contributed by atoms with van der Waals surface area (Å²) < 4.78 is 0. The third kappa shape index (κ3) is 3.80. The van der Waals surface area contributed by atoms with E-state index in [0.29, 0.717) is 31.2 Å². The van der Waals surface area contributed by atoms with Crippen LogP contribution in [0.15, 0.2) is 0 Å². The molecule has 3 rings (SSSR count). The number of nitrogens with one attached hydrogen (secondary N) is 1. The number of amides is 1. The topological polar surface area (TPSA) is 81.8 Å². The zero-order chi connectivity index (χ0) is 16.4. The highest BCUT2D eigenvalue weighted by Crippen LogP contribution is 2.30. The van der Waals surface area contributed by atoms with Gasteiger partial charge in [-0.2, -0.15) is 0 Å². The lowest BCUT2D eigenvalue weighted by Crippen LogP contribution is -2.57. The average Bonchev–Trinajstić information content (AvgIpc) is 2.94. The molecular weight excluding hydrogens is 292 g/mol. The zero-order valence-electron chi connectivity index (χ0n) is 14.3. The molecule has 2 saturated heterocycles. The Balaban J connectivity index is 1.48. The summed E-state index contributed by atoms with van der Waals surface area (Å²) in [4.78, 5) is 15.2. The molecule has 2 heterocycles. The van der Waals surface area contributed by atoms with Crippen molar-refractivity contribution in [2.45, 2.75) is 75.5 Å². The highest BCUT2D eigenvalue weighted by Gasteiger charge is 2.42. The number of piperidine rings is 1. The minimum atomic E-state index is -0.781. The van der Waals surface area contributed by atoms with Crippen molar-refractivity contribution < 1.29 is 9.90 Å². The first kappa shape index (κ1) is 17.0. The van der Waals surface area contributed by atoms with Crippen LogP contribution in [0.3, 0.4) is 0 Å². The van der Waals surface area contributed by atoms with Gasteiger partial charge in [-0.3, -0.25) is 4.90 Å². The second-order valence-corrected chi connectivity index (χ2v) is 7.93. The maximum atomic E-state index is 11.2. The van der Waals surface area contributed by atoms with Gasteiger partial charge in [0.15, 0.2) is 0 Å². The molecule has 132 valence electrons. The Hall–Kier alpha value is -0.850. The van der Waals surface area contributed by atoms with Gasteiger partial charge in [-0.15, -0.1) is 0 Å². The molecule has 0 spiro atoms.